The average Bonchev–Trinajstić information content (AvgIpc) is 3.51. The number of piperidine rings is 1. The number of fused-ring (bicyclic) bond motifs is 1. The number of carbonyl (C=O) groups is 1. The van der Waals surface area contributed by atoms with Gasteiger partial charge in [-0.2, -0.15) is 5.10 Å². The van der Waals surface area contributed by atoms with Crippen LogP contribution in [0, 0.1) is 5.92 Å². The number of rotatable bonds is 7. The fraction of sp³-hybridized carbons (Fsp3) is 0.400. The Labute approximate surface area is 214 Å². The second kappa shape index (κ2) is 9.92. The molecule has 3 aromatic heterocycles. The Balaban J connectivity index is 1.27. The van der Waals surface area contributed by atoms with Crippen molar-refractivity contribution in [2.24, 2.45) is 5.92 Å². The summed E-state index contributed by atoms with van der Waals surface area (Å²) in [5.41, 5.74) is 0.982. The van der Waals surface area contributed by atoms with E-state index in [1.165, 1.54) is 18.5 Å². The van der Waals surface area contributed by atoms with Crippen LogP contribution in [0.2, 0.25) is 0 Å². The third-order valence-electron chi connectivity index (χ3n) is 6.31. The van der Waals surface area contributed by atoms with Gasteiger partial charge in [0.15, 0.2) is 21.2 Å². The Bertz CT molecular complexity index is 1520. The highest BCUT2D eigenvalue weighted by atomic mass is 32.2. The SMILES string of the molecule is CC(C)Cc1cc(C(=O)N2CCC(n3ncc4c(Oc5ccc(S(C)(=O)=O)cc5)ncnc43)CC2)no1. The molecule has 1 aliphatic heterocycles. The van der Waals surface area contributed by atoms with Gasteiger partial charge in [-0.15, -0.1) is 0 Å². The number of ether oxygens (including phenoxy) is 1. The molecule has 0 unspecified atom stereocenters. The predicted molar refractivity (Wildman–Crippen MR) is 134 cm³/mol. The van der Waals surface area contributed by atoms with Crippen molar-refractivity contribution in [1.29, 1.82) is 0 Å². The van der Waals surface area contributed by atoms with Crippen molar-refractivity contribution in [3.8, 4) is 11.6 Å². The van der Waals surface area contributed by atoms with Crippen LogP contribution in [0.5, 0.6) is 11.6 Å². The number of benzene rings is 1. The van der Waals surface area contributed by atoms with Gasteiger partial charge in [-0.25, -0.2) is 23.1 Å². The molecular weight excluding hydrogens is 496 g/mol. The minimum absolute atomic E-state index is 0.0622. The molecule has 4 heterocycles. The number of likely N-dealkylation sites (tertiary alicyclic amines) is 1. The van der Waals surface area contributed by atoms with Gasteiger partial charge in [-0.1, -0.05) is 19.0 Å². The highest BCUT2D eigenvalue weighted by molar-refractivity contribution is 7.90. The highest BCUT2D eigenvalue weighted by Gasteiger charge is 2.28. The molecule has 0 spiro atoms. The van der Waals surface area contributed by atoms with Crippen molar-refractivity contribution in [1.82, 2.24) is 29.8 Å². The molecule has 1 aromatic carbocycles. The van der Waals surface area contributed by atoms with E-state index in [0.717, 1.165) is 18.4 Å². The maximum atomic E-state index is 12.9. The molecule has 37 heavy (non-hydrogen) atoms. The maximum absolute atomic E-state index is 12.9. The van der Waals surface area contributed by atoms with E-state index in [2.05, 4.69) is 34.1 Å². The summed E-state index contributed by atoms with van der Waals surface area (Å²) in [5, 5.41) is 9.17. The summed E-state index contributed by atoms with van der Waals surface area (Å²) in [4.78, 5) is 23.6. The van der Waals surface area contributed by atoms with E-state index in [4.69, 9.17) is 9.26 Å². The monoisotopic (exact) mass is 524 g/mol. The molecule has 1 fully saturated rings. The zero-order valence-corrected chi connectivity index (χ0v) is 21.7. The molecule has 1 saturated heterocycles. The Kier molecular flexibility index (Phi) is 6.67. The van der Waals surface area contributed by atoms with E-state index < -0.39 is 9.84 Å². The summed E-state index contributed by atoms with van der Waals surface area (Å²) in [6.45, 7) is 5.31. The van der Waals surface area contributed by atoms with Crippen LogP contribution >= 0.6 is 0 Å². The minimum Gasteiger partial charge on any atom is -0.438 e. The normalized spacial score (nSPS) is 15.0. The summed E-state index contributed by atoms with van der Waals surface area (Å²) < 4.78 is 36.5. The molecule has 1 amide bonds. The standard InChI is InChI=1S/C25H28N6O5S/c1-16(2)12-19-13-22(29-36-19)25(32)30-10-8-17(9-11-30)31-23-21(14-28-31)24(27-15-26-23)35-18-4-6-20(7-5-18)37(3,33)34/h4-7,13-17H,8-12H2,1-3H3. The van der Waals surface area contributed by atoms with Gasteiger partial charge in [0.2, 0.25) is 5.88 Å². The number of carbonyl (C=O) groups excluding carboxylic acids is 1. The van der Waals surface area contributed by atoms with Crippen molar-refractivity contribution in [3.63, 3.8) is 0 Å². The van der Waals surface area contributed by atoms with Gasteiger partial charge in [0.25, 0.3) is 5.91 Å². The quantitative estimate of drug-likeness (QED) is 0.355. The van der Waals surface area contributed by atoms with E-state index in [9.17, 15) is 13.2 Å². The Hall–Kier alpha value is -3.80. The zero-order valence-electron chi connectivity index (χ0n) is 20.9. The van der Waals surface area contributed by atoms with Gasteiger partial charge in [0, 0.05) is 31.8 Å². The predicted octanol–water partition coefficient (Wildman–Crippen LogP) is 3.69. The zero-order chi connectivity index (χ0) is 26.2. The van der Waals surface area contributed by atoms with Crippen LogP contribution in [0.4, 0.5) is 0 Å². The topological polar surface area (TPSA) is 133 Å². The van der Waals surface area contributed by atoms with Gasteiger partial charge in [0.1, 0.15) is 23.2 Å². The Morgan fingerprint density at radius 3 is 2.57 bits per heavy atom. The average molecular weight is 525 g/mol. The lowest BCUT2D eigenvalue weighted by atomic mass is 10.0. The van der Waals surface area contributed by atoms with Crippen LogP contribution in [-0.4, -0.2) is 63.5 Å². The van der Waals surface area contributed by atoms with Crippen molar-refractivity contribution < 1.29 is 22.5 Å². The van der Waals surface area contributed by atoms with Crippen LogP contribution in [0.25, 0.3) is 11.0 Å². The number of aromatic nitrogens is 5. The molecule has 0 bridgehead atoms. The van der Waals surface area contributed by atoms with Gasteiger partial charge in [-0.3, -0.25) is 4.79 Å². The molecule has 0 saturated carbocycles. The minimum atomic E-state index is -3.29. The number of hydrogen-bond acceptors (Lipinski definition) is 9. The number of sulfone groups is 1. The van der Waals surface area contributed by atoms with E-state index in [0.29, 0.717) is 60.2 Å². The van der Waals surface area contributed by atoms with E-state index >= 15 is 0 Å². The molecule has 11 nitrogen and oxygen atoms in total. The van der Waals surface area contributed by atoms with Crippen LogP contribution in [0.15, 0.2) is 52.3 Å². The van der Waals surface area contributed by atoms with E-state index in [1.807, 2.05) is 4.68 Å². The van der Waals surface area contributed by atoms with Crippen molar-refractivity contribution >= 4 is 26.8 Å². The second-order valence-electron chi connectivity index (χ2n) is 9.65. The first-order valence-corrected chi connectivity index (χ1v) is 14.0. The summed E-state index contributed by atoms with van der Waals surface area (Å²) in [7, 11) is -3.29. The van der Waals surface area contributed by atoms with Gasteiger partial charge in [0.05, 0.1) is 17.1 Å². The molecule has 0 aliphatic carbocycles. The molecule has 5 rings (SSSR count). The Morgan fingerprint density at radius 2 is 1.89 bits per heavy atom. The first-order valence-electron chi connectivity index (χ1n) is 12.1. The first kappa shape index (κ1) is 24.9. The van der Waals surface area contributed by atoms with Gasteiger partial charge < -0.3 is 14.2 Å². The van der Waals surface area contributed by atoms with E-state index in [1.54, 1.807) is 29.3 Å². The molecule has 194 valence electrons. The molecule has 0 radical (unpaired) electrons. The lowest BCUT2D eigenvalue weighted by molar-refractivity contribution is 0.0681. The summed E-state index contributed by atoms with van der Waals surface area (Å²) in [5.74, 6) is 1.81. The third-order valence-corrected chi connectivity index (χ3v) is 7.43. The lowest BCUT2D eigenvalue weighted by Crippen LogP contribution is -2.39. The summed E-state index contributed by atoms with van der Waals surface area (Å²) >= 11 is 0. The second-order valence-corrected chi connectivity index (χ2v) is 11.7. The molecule has 0 N–H and O–H groups in total. The number of nitrogens with zero attached hydrogens (tertiary/aromatic N) is 6. The van der Waals surface area contributed by atoms with Crippen molar-refractivity contribution in [2.75, 3.05) is 19.3 Å². The summed E-state index contributed by atoms with van der Waals surface area (Å²) in [6, 6.07) is 7.96. The third kappa shape index (κ3) is 5.33. The van der Waals surface area contributed by atoms with E-state index in [-0.39, 0.29) is 16.8 Å². The largest absolute Gasteiger partial charge is 0.438 e. The number of hydrogen-bond donors (Lipinski definition) is 0. The summed E-state index contributed by atoms with van der Waals surface area (Å²) in [6.07, 6.45) is 6.41. The molecule has 0 atom stereocenters. The smallest absolute Gasteiger partial charge is 0.276 e. The Morgan fingerprint density at radius 1 is 1.16 bits per heavy atom. The van der Waals surface area contributed by atoms with Crippen LogP contribution < -0.4 is 4.74 Å². The lowest BCUT2D eigenvalue weighted by Gasteiger charge is -2.31. The van der Waals surface area contributed by atoms with Gasteiger partial charge in [-0.05, 0) is 43.0 Å². The molecular formula is C25H28N6O5S. The number of amides is 1. The highest BCUT2D eigenvalue weighted by Crippen LogP contribution is 2.31. The van der Waals surface area contributed by atoms with Gasteiger partial charge >= 0.3 is 0 Å². The van der Waals surface area contributed by atoms with Crippen molar-refractivity contribution in [2.45, 2.75) is 44.0 Å². The molecule has 4 aromatic rings. The van der Waals surface area contributed by atoms with Crippen LogP contribution in [0.3, 0.4) is 0 Å². The fourth-order valence-electron chi connectivity index (χ4n) is 4.44. The first-order chi connectivity index (χ1) is 17.7. The molecule has 12 heteroatoms. The van der Waals surface area contributed by atoms with Crippen molar-refractivity contribution in [3.05, 3.63) is 54.3 Å². The van der Waals surface area contributed by atoms with Crippen LogP contribution in [0.1, 0.15) is 49.0 Å². The fourth-order valence-corrected chi connectivity index (χ4v) is 5.07. The molecule has 1 aliphatic rings. The maximum Gasteiger partial charge on any atom is 0.276 e. The van der Waals surface area contributed by atoms with Crippen LogP contribution in [-0.2, 0) is 16.3 Å².